The number of aryl methyl sites for hydroxylation is 3. The summed E-state index contributed by atoms with van der Waals surface area (Å²) in [6.45, 7) is 6.14. The summed E-state index contributed by atoms with van der Waals surface area (Å²) in [5.74, 6) is -0.152. The second-order valence-corrected chi connectivity index (χ2v) is 5.85. The molecule has 1 N–H and O–H groups in total. The molecule has 0 atom stereocenters. The number of halogens is 1. The molecule has 0 saturated carbocycles. The molecule has 2 rings (SSSR count). The third-order valence-corrected chi connectivity index (χ3v) is 3.65. The van der Waals surface area contributed by atoms with Gasteiger partial charge in [-0.15, -0.1) is 0 Å². The van der Waals surface area contributed by atoms with Crippen molar-refractivity contribution in [3.63, 3.8) is 0 Å². The highest BCUT2D eigenvalue weighted by Gasteiger charge is 2.03. The van der Waals surface area contributed by atoms with E-state index in [1.807, 2.05) is 26.0 Å². The Morgan fingerprint density at radius 2 is 1.73 bits per heavy atom. The monoisotopic (exact) mass is 314 g/mol. The van der Waals surface area contributed by atoms with Gasteiger partial charge in [0, 0.05) is 10.6 Å². The fourth-order valence-electron chi connectivity index (χ4n) is 2.39. The molecule has 4 heteroatoms. The van der Waals surface area contributed by atoms with Crippen molar-refractivity contribution in [2.45, 2.75) is 27.2 Å². The number of rotatable bonds is 4. The first-order valence-electron chi connectivity index (χ1n) is 7.10. The third-order valence-electron chi connectivity index (χ3n) is 3.40. The molecule has 0 aliphatic rings. The SMILES string of the molecule is Cc1cc(C)c(/C=N/NC(=O)Cc2ccc(Cl)cc2)c(C)c1. The van der Waals surface area contributed by atoms with E-state index in [4.69, 9.17) is 11.6 Å². The van der Waals surface area contributed by atoms with Crippen LogP contribution >= 0.6 is 11.6 Å². The molecule has 0 saturated heterocycles. The zero-order chi connectivity index (χ0) is 16.1. The van der Waals surface area contributed by atoms with E-state index in [-0.39, 0.29) is 12.3 Å². The average molecular weight is 315 g/mol. The molecule has 0 spiro atoms. The summed E-state index contributed by atoms with van der Waals surface area (Å²) in [4.78, 5) is 11.9. The van der Waals surface area contributed by atoms with Crippen molar-refractivity contribution in [2.75, 3.05) is 0 Å². The van der Waals surface area contributed by atoms with Crippen LogP contribution < -0.4 is 5.43 Å². The number of carbonyl (C=O) groups is 1. The van der Waals surface area contributed by atoms with Gasteiger partial charge in [-0.05, 0) is 49.6 Å². The Morgan fingerprint density at radius 3 is 2.32 bits per heavy atom. The van der Waals surface area contributed by atoms with Crippen LogP contribution in [0.25, 0.3) is 0 Å². The number of hydrogen-bond donors (Lipinski definition) is 1. The highest BCUT2D eigenvalue weighted by atomic mass is 35.5. The Balaban J connectivity index is 1.97. The molecule has 2 aromatic rings. The number of amides is 1. The summed E-state index contributed by atoms with van der Waals surface area (Å²) >= 11 is 5.82. The Kier molecular flexibility index (Phi) is 5.34. The predicted octanol–water partition coefficient (Wildman–Crippen LogP) is 3.96. The Labute approximate surface area is 136 Å². The highest BCUT2D eigenvalue weighted by molar-refractivity contribution is 6.30. The first-order chi connectivity index (χ1) is 10.5. The van der Waals surface area contributed by atoms with E-state index in [9.17, 15) is 4.79 Å². The van der Waals surface area contributed by atoms with E-state index in [1.165, 1.54) is 5.56 Å². The lowest BCUT2D eigenvalue weighted by molar-refractivity contribution is -0.120. The summed E-state index contributed by atoms with van der Waals surface area (Å²) in [6.07, 6.45) is 1.98. The average Bonchev–Trinajstić information content (AvgIpc) is 2.44. The van der Waals surface area contributed by atoms with Crippen LogP contribution in [-0.4, -0.2) is 12.1 Å². The van der Waals surface area contributed by atoms with Gasteiger partial charge in [0.05, 0.1) is 12.6 Å². The van der Waals surface area contributed by atoms with Crippen LogP contribution in [0.3, 0.4) is 0 Å². The van der Waals surface area contributed by atoms with Crippen LogP contribution in [-0.2, 0) is 11.2 Å². The van der Waals surface area contributed by atoms with Gasteiger partial charge in [0.25, 0.3) is 0 Å². The molecule has 22 heavy (non-hydrogen) atoms. The summed E-state index contributed by atoms with van der Waals surface area (Å²) in [6, 6.07) is 11.4. The molecule has 0 aliphatic carbocycles. The standard InChI is InChI=1S/C18H19ClN2O/c1-12-8-13(2)17(14(3)9-12)11-20-21-18(22)10-15-4-6-16(19)7-5-15/h4-9,11H,10H2,1-3H3,(H,21,22)/b20-11+. The molecule has 0 aromatic heterocycles. The maximum absolute atomic E-state index is 11.9. The molecule has 3 nitrogen and oxygen atoms in total. The lowest BCUT2D eigenvalue weighted by atomic mass is 10.0. The smallest absolute Gasteiger partial charge is 0.244 e. The summed E-state index contributed by atoms with van der Waals surface area (Å²) in [5, 5.41) is 4.72. The minimum atomic E-state index is -0.152. The predicted molar refractivity (Wildman–Crippen MR) is 91.5 cm³/mol. The fourth-order valence-corrected chi connectivity index (χ4v) is 2.52. The van der Waals surface area contributed by atoms with Crippen molar-refractivity contribution < 1.29 is 4.79 Å². The van der Waals surface area contributed by atoms with Gasteiger partial charge in [-0.25, -0.2) is 5.43 Å². The summed E-state index contributed by atoms with van der Waals surface area (Å²) < 4.78 is 0. The molecule has 0 bridgehead atoms. The van der Waals surface area contributed by atoms with Gasteiger partial charge in [-0.3, -0.25) is 4.79 Å². The maximum Gasteiger partial charge on any atom is 0.244 e. The van der Waals surface area contributed by atoms with Crippen molar-refractivity contribution in [3.8, 4) is 0 Å². The van der Waals surface area contributed by atoms with Crippen molar-refractivity contribution in [3.05, 3.63) is 69.2 Å². The Morgan fingerprint density at radius 1 is 1.14 bits per heavy atom. The van der Waals surface area contributed by atoms with Gasteiger partial charge in [0.2, 0.25) is 5.91 Å². The van der Waals surface area contributed by atoms with Gasteiger partial charge < -0.3 is 0 Å². The molecule has 114 valence electrons. The maximum atomic E-state index is 11.9. The zero-order valence-corrected chi connectivity index (χ0v) is 13.7. The van der Waals surface area contributed by atoms with Crippen molar-refractivity contribution >= 4 is 23.7 Å². The number of benzene rings is 2. The molecular weight excluding hydrogens is 296 g/mol. The van der Waals surface area contributed by atoms with Crippen molar-refractivity contribution in [2.24, 2.45) is 5.10 Å². The normalized spacial score (nSPS) is 10.9. The van der Waals surface area contributed by atoms with E-state index < -0.39 is 0 Å². The second-order valence-electron chi connectivity index (χ2n) is 5.41. The Hall–Kier alpha value is -2.13. The van der Waals surface area contributed by atoms with Crippen LogP contribution in [0.5, 0.6) is 0 Å². The topological polar surface area (TPSA) is 41.5 Å². The van der Waals surface area contributed by atoms with Crippen molar-refractivity contribution in [1.82, 2.24) is 5.43 Å². The molecule has 0 heterocycles. The van der Waals surface area contributed by atoms with E-state index in [0.717, 1.165) is 22.3 Å². The third kappa shape index (κ3) is 4.43. The van der Waals surface area contributed by atoms with Gasteiger partial charge in [0.1, 0.15) is 0 Å². The molecule has 0 fully saturated rings. The van der Waals surface area contributed by atoms with E-state index in [0.29, 0.717) is 5.02 Å². The summed E-state index contributed by atoms with van der Waals surface area (Å²) in [7, 11) is 0. The molecule has 0 radical (unpaired) electrons. The minimum absolute atomic E-state index is 0.152. The largest absolute Gasteiger partial charge is 0.273 e. The van der Waals surface area contributed by atoms with Crippen LogP contribution in [0, 0.1) is 20.8 Å². The molecular formula is C18H19ClN2O. The number of hydrogen-bond acceptors (Lipinski definition) is 2. The lowest BCUT2D eigenvalue weighted by Crippen LogP contribution is -2.19. The zero-order valence-electron chi connectivity index (χ0n) is 13.0. The number of hydrazone groups is 1. The quantitative estimate of drug-likeness (QED) is 0.673. The number of nitrogens with zero attached hydrogens (tertiary/aromatic N) is 1. The lowest BCUT2D eigenvalue weighted by Gasteiger charge is -2.06. The highest BCUT2D eigenvalue weighted by Crippen LogP contribution is 2.14. The van der Waals surface area contributed by atoms with Gasteiger partial charge >= 0.3 is 0 Å². The van der Waals surface area contributed by atoms with Crippen LogP contribution in [0.15, 0.2) is 41.5 Å². The van der Waals surface area contributed by atoms with Crippen LogP contribution in [0.4, 0.5) is 0 Å². The van der Waals surface area contributed by atoms with E-state index in [1.54, 1.807) is 18.3 Å². The fraction of sp³-hybridized carbons (Fsp3) is 0.222. The summed E-state index contributed by atoms with van der Waals surface area (Å²) in [5.41, 5.74) is 8.02. The van der Waals surface area contributed by atoms with Crippen molar-refractivity contribution in [1.29, 1.82) is 0 Å². The van der Waals surface area contributed by atoms with Gasteiger partial charge in [-0.2, -0.15) is 5.10 Å². The van der Waals surface area contributed by atoms with E-state index >= 15 is 0 Å². The first kappa shape index (κ1) is 16.2. The minimum Gasteiger partial charge on any atom is -0.273 e. The second kappa shape index (κ2) is 7.23. The number of carbonyl (C=O) groups excluding carboxylic acids is 1. The van der Waals surface area contributed by atoms with Crippen LogP contribution in [0.1, 0.15) is 27.8 Å². The molecule has 0 unspecified atom stereocenters. The van der Waals surface area contributed by atoms with E-state index in [2.05, 4.69) is 29.6 Å². The first-order valence-corrected chi connectivity index (χ1v) is 7.47. The van der Waals surface area contributed by atoms with Gasteiger partial charge in [-0.1, -0.05) is 41.4 Å². The molecule has 0 aliphatic heterocycles. The Bertz CT molecular complexity index is 683. The van der Waals surface area contributed by atoms with Gasteiger partial charge in [0.15, 0.2) is 0 Å². The number of nitrogens with one attached hydrogen (secondary N) is 1. The molecule has 1 amide bonds. The van der Waals surface area contributed by atoms with Crippen LogP contribution in [0.2, 0.25) is 5.02 Å². The molecule has 2 aromatic carbocycles.